The van der Waals surface area contributed by atoms with Gasteiger partial charge in [-0.15, -0.1) is 0 Å². The lowest BCUT2D eigenvalue weighted by atomic mass is 10.1. The van der Waals surface area contributed by atoms with Crippen LogP contribution < -0.4 is 25.4 Å². The molecule has 0 spiro atoms. The van der Waals surface area contributed by atoms with Crippen LogP contribution in [-0.4, -0.2) is 37.6 Å². The van der Waals surface area contributed by atoms with Gasteiger partial charge in [-0.3, -0.25) is 9.59 Å². The van der Waals surface area contributed by atoms with E-state index in [2.05, 4.69) is 16.0 Å². The van der Waals surface area contributed by atoms with E-state index in [1.54, 1.807) is 24.3 Å². The number of carbonyl (C=O) groups excluding carboxylic acids is 2. The summed E-state index contributed by atoms with van der Waals surface area (Å²) in [5.41, 5.74) is 1.77. The molecule has 3 aromatic rings. The fourth-order valence-corrected chi connectivity index (χ4v) is 3.09. The molecule has 0 aliphatic carbocycles. The van der Waals surface area contributed by atoms with Gasteiger partial charge in [0, 0.05) is 17.3 Å². The van der Waals surface area contributed by atoms with Gasteiger partial charge in [-0.2, -0.15) is 0 Å². The minimum atomic E-state index is -0.235. The number of hydrogen-bond acceptors (Lipinski definition) is 5. The molecule has 7 nitrogen and oxygen atoms in total. The van der Waals surface area contributed by atoms with Gasteiger partial charge in [-0.05, 0) is 55.8 Å². The topological polar surface area (TPSA) is 88.7 Å². The van der Waals surface area contributed by atoms with Crippen molar-refractivity contribution in [1.29, 1.82) is 0 Å². The molecule has 0 heterocycles. The van der Waals surface area contributed by atoms with E-state index in [1.165, 1.54) is 0 Å². The van der Waals surface area contributed by atoms with Crippen LogP contribution in [0, 0.1) is 0 Å². The van der Waals surface area contributed by atoms with E-state index >= 15 is 0 Å². The zero-order valence-corrected chi connectivity index (χ0v) is 19.5. The molecule has 0 saturated heterocycles. The number of para-hydroxylation sites is 3. The zero-order valence-electron chi connectivity index (χ0n) is 19.5. The average molecular weight is 462 g/mol. The third kappa shape index (κ3) is 7.85. The molecule has 3 aromatic carbocycles. The fourth-order valence-electron chi connectivity index (χ4n) is 3.09. The summed E-state index contributed by atoms with van der Waals surface area (Å²) in [6.07, 6.45) is 0.846. The van der Waals surface area contributed by atoms with Crippen LogP contribution in [0.3, 0.4) is 0 Å². The van der Waals surface area contributed by atoms with E-state index in [0.29, 0.717) is 35.9 Å². The second kappa shape index (κ2) is 12.9. The van der Waals surface area contributed by atoms with Gasteiger partial charge in [0.05, 0.1) is 12.2 Å². The summed E-state index contributed by atoms with van der Waals surface area (Å²) in [5.74, 6) is 1.03. The molecular weight excluding hydrogens is 430 g/mol. The molecule has 0 aromatic heterocycles. The van der Waals surface area contributed by atoms with E-state index in [9.17, 15) is 9.59 Å². The first kappa shape index (κ1) is 24.6. The molecule has 0 bridgehead atoms. The molecule has 0 fully saturated rings. The molecule has 0 radical (unpaired) electrons. The summed E-state index contributed by atoms with van der Waals surface area (Å²) in [5, 5.41) is 8.85. The Bertz CT molecular complexity index is 1070. The Morgan fingerprint density at radius 2 is 1.62 bits per heavy atom. The number of amides is 2. The predicted octanol–water partition coefficient (Wildman–Crippen LogP) is 4.72. The zero-order chi connectivity index (χ0) is 24.2. The van der Waals surface area contributed by atoms with Gasteiger partial charge in [-0.1, -0.05) is 43.3 Å². The molecule has 7 heteroatoms. The number of ether oxygens (including phenoxy) is 2. The highest BCUT2D eigenvalue weighted by Gasteiger charge is 2.11. The Morgan fingerprint density at radius 1 is 0.882 bits per heavy atom. The van der Waals surface area contributed by atoms with E-state index in [-0.39, 0.29) is 24.4 Å². The van der Waals surface area contributed by atoms with Gasteiger partial charge in [0.15, 0.2) is 0 Å². The van der Waals surface area contributed by atoms with Crippen molar-refractivity contribution in [3.63, 3.8) is 0 Å². The van der Waals surface area contributed by atoms with E-state index in [1.807, 2.05) is 68.4 Å². The molecule has 1 atom stereocenters. The SMILES string of the molecule is CCC(C)NC(=O)c1cccc(NC(=O)CNc2ccccc2OCCOc2ccccc2)c1. The monoisotopic (exact) mass is 461 g/mol. The molecule has 178 valence electrons. The van der Waals surface area contributed by atoms with Crippen molar-refractivity contribution in [2.45, 2.75) is 26.3 Å². The highest BCUT2D eigenvalue weighted by Crippen LogP contribution is 2.23. The van der Waals surface area contributed by atoms with Crippen molar-refractivity contribution >= 4 is 23.2 Å². The van der Waals surface area contributed by atoms with E-state index in [0.717, 1.165) is 12.2 Å². The Balaban J connectivity index is 1.48. The van der Waals surface area contributed by atoms with Crippen LogP contribution >= 0.6 is 0 Å². The van der Waals surface area contributed by atoms with Gasteiger partial charge in [0.1, 0.15) is 24.7 Å². The minimum Gasteiger partial charge on any atom is -0.490 e. The maximum Gasteiger partial charge on any atom is 0.251 e. The van der Waals surface area contributed by atoms with Crippen LogP contribution in [0.5, 0.6) is 11.5 Å². The van der Waals surface area contributed by atoms with Crippen LogP contribution in [0.2, 0.25) is 0 Å². The summed E-state index contributed by atoms with van der Waals surface area (Å²) >= 11 is 0. The van der Waals surface area contributed by atoms with Gasteiger partial charge in [-0.25, -0.2) is 0 Å². The predicted molar refractivity (Wildman–Crippen MR) is 135 cm³/mol. The molecule has 3 N–H and O–H groups in total. The lowest BCUT2D eigenvalue weighted by Gasteiger charge is -2.14. The van der Waals surface area contributed by atoms with Crippen LogP contribution in [0.1, 0.15) is 30.6 Å². The fraction of sp³-hybridized carbons (Fsp3) is 0.259. The Morgan fingerprint density at radius 3 is 2.41 bits per heavy atom. The van der Waals surface area contributed by atoms with Crippen LogP contribution in [0.15, 0.2) is 78.9 Å². The van der Waals surface area contributed by atoms with Crippen molar-refractivity contribution < 1.29 is 19.1 Å². The van der Waals surface area contributed by atoms with Crippen LogP contribution in [0.4, 0.5) is 11.4 Å². The summed E-state index contributed by atoms with van der Waals surface area (Å²) < 4.78 is 11.5. The van der Waals surface area contributed by atoms with E-state index in [4.69, 9.17) is 9.47 Å². The molecule has 0 saturated carbocycles. The first-order valence-corrected chi connectivity index (χ1v) is 11.4. The van der Waals surface area contributed by atoms with Crippen molar-refractivity contribution in [1.82, 2.24) is 5.32 Å². The molecule has 1 unspecified atom stereocenters. The first-order valence-electron chi connectivity index (χ1n) is 11.4. The maximum absolute atomic E-state index is 12.5. The summed E-state index contributed by atoms with van der Waals surface area (Å²) in [6, 6.07) is 23.9. The lowest BCUT2D eigenvalue weighted by molar-refractivity contribution is -0.114. The standard InChI is InChI=1S/C27H31N3O4/c1-3-20(2)29-27(32)21-10-9-11-22(18-21)30-26(31)19-28-24-14-7-8-15-25(24)34-17-16-33-23-12-5-4-6-13-23/h4-15,18,20,28H,3,16-17,19H2,1-2H3,(H,29,32)(H,30,31). The first-order chi connectivity index (χ1) is 16.5. The van der Waals surface area contributed by atoms with Gasteiger partial charge >= 0.3 is 0 Å². The molecular formula is C27H31N3O4. The summed E-state index contributed by atoms with van der Waals surface area (Å²) in [7, 11) is 0. The molecule has 0 aliphatic heterocycles. The average Bonchev–Trinajstić information content (AvgIpc) is 2.86. The minimum absolute atomic E-state index is 0.0458. The van der Waals surface area contributed by atoms with Crippen molar-refractivity contribution in [2.75, 3.05) is 30.4 Å². The number of benzene rings is 3. The second-order valence-corrected chi connectivity index (χ2v) is 7.77. The lowest BCUT2D eigenvalue weighted by Crippen LogP contribution is -2.32. The normalized spacial score (nSPS) is 11.2. The quantitative estimate of drug-likeness (QED) is 0.340. The Hall–Kier alpha value is -4.00. The highest BCUT2D eigenvalue weighted by molar-refractivity contribution is 5.98. The summed E-state index contributed by atoms with van der Waals surface area (Å²) in [4.78, 5) is 24.8. The highest BCUT2D eigenvalue weighted by atomic mass is 16.5. The van der Waals surface area contributed by atoms with Gasteiger partial charge in [0.2, 0.25) is 5.91 Å². The number of rotatable bonds is 12. The summed E-state index contributed by atoms with van der Waals surface area (Å²) in [6.45, 7) is 4.78. The number of hydrogen-bond donors (Lipinski definition) is 3. The Labute approximate surface area is 200 Å². The van der Waals surface area contributed by atoms with Crippen molar-refractivity contribution in [3.8, 4) is 11.5 Å². The molecule has 3 rings (SSSR count). The van der Waals surface area contributed by atoms with E-state index < -0.39 is 0 Å². The molecule has 34 heavy (non-hydrogen) atoms. The van der Waals surface area contributed by atoms with Gasteiger partial charge in [0.25, 0.3) is 5.91 Å². The van der Waals surface area contributed by atoms with Crippen LogP contribution in [0.25, 0.3) is 0 Å². The van der Waals surface area contributed by atoms with Crippen molar-refractivity contribution in [3.05, 3.63) is 84.4 Å². The smallest absolute Gasteiger partial charge is 0.251 e. The van der Waals surface area contributed by atoms with Crippen molar-refractivity contribution in [2.24, 2.45) is 0 Å². The van der Waals surface area contributed by atoms with Crippen LogP contribution in [-0.2, 0) is 4.79 Å². The number of carbonyl (C=O) groups is 2. The Kier molecular flexibility index (Phi) is 9.34. The molecule has 0 aliphatic rings. The second-order valence-electron chi connectivity index (χ2n) is 7.77. The number of anilines is 2. The third-order valence-corrected chi connectivity index (χ3v) is 5.08. The largest absolute Gasteiger partial charge is 0.490 e. The third-order valence-electron chi connectivity index (χ3n) is 5.08. The van der Waals surface area contributed by atoms with Gasteiger partial charge < -0.3 is 25.4 Å². The molecule has 2 amide bonds. The number of nitrogens with one attached hydrogen (secondary N) is 3. The maximum atomic E-state index is 12.5.